The largest absolute Gasteiger partial charge is 0.490 e. The van der Waals surface area contributed by atoms with Gasteiger partial charge in [0.15, 0.2) is 11.5 Å². The summed E-state index contributed by atoms with van der Waals surface area (Å²) >= 11 is 0. The van der Waals surface area contributed by atoms with Crippen LogP contribution in [0.1, 0.15) is 30.9 Å². The van der Waals surface area contributed by atoms with Gasteiger partial charge in [0.2, 0.25) is 15.9 Å². The van der Waals surface area contributed by atoms with Crippen molar-refractivity contribution in [2.75, 3.05) is 26.4 Å². The number of fused-ring (bicyclic) bond motifs is 2. The Hall–Kier alpha value is -3.11. The summed E-state index contributed by atoms with van der Waals surface area (Å²) in [6, 6.07) is 12.0. The Morgan fingerprint density at radius 2 is 1.71 bits per heavy atom. The second-order valence-electron chi connectivity index (χ2n) is 8.28. The van der Waals surface area contributed by atoms with E-state index in [9.17, 15) is 18.0 Å². The Balaban J connectivity index is 1.38. The van der Waals surface area contributed by atoms with Crippen LogP contribution in [0.3, 0.4) is 0 Å². The van der Waals surface area contributed by atoms with E-state index in [4.69, 9.17) is 14.2 Å². The number of rotatable bonds is 8. The highest BCUT2D eigenvalue weighted by atomic mass is 32.2. The predicted molar refractivity (Wildman–Crippen MR) is 123 cm³/mol. The highest BCUT2D eigenvalue weighted by molar-refractivity contribution is 7.89. The van der Waals surface area contributed by atoms with Gasteiger partial charge in [-0.3, -0.25) is 4.79 Å². The number of esters is 1. The first-order valence-electron chi connectivity index (χ1n) is 11.3. The van der Waals surface area contributed by atoms with Crippen LogP contribution in [0.4, 0.5) is 0 Å². The van der Waals surface area contributed by atoms with Crippen LogP contribution >= 0.6 is 0 Å². The standard InChI is InChI=1S/C24H28N2O7S/c1-2-31-23(28)24(15-17-6-3-4-7-18(17)16-24)26-22(27)10-11-25-34(29,30)19-8-9-20-21(14-19)33-13-5-12-32-20/h3-4,6-9,14,25H,2,5,10-13,15-16H2,1H3,(H,26,27). The fraction of sp³-hybridized carbons (Fsp3) is 0.417. The molecule has 0 fully saturated rings. The van der Waals surface area contributed by atoms with Crippen molar-refractivity contribution in [3.63, 3.8) is 0 Å². The Kier molecular flexibility index (Phi) is 7.08. The normalized spacial score (nSPS) is 16.3. The zero-order valence-corrected chi connectivity index (χ0v) is 19.8. The fourth-order valence-electron chi connectivity index (χ4n) is 4.19. The van der Waals surface area contributed by atoms with Crippen LogP contribution in [0.5, 0.6) is 11.5 Å². The van der Waals surface area contributed by atoms with Crippen molar-refractivity contribution in [3.8, 4) is 11.5 Å². The molecule has 2 aromatic rings. The minimum absolute atomic E-state index is 0.0198. The molecule has 1 aliphatic heterocycles. The van der Waals surface area contributed by atoms with Gasteiger partial charge in [0.1, 0.15) is 5.54 Å². The molecule has 0 radical (unpaired) electrons. The van der Waals surface area contributed by atoms with Gasteiger partial charge in [-0.15, -0.1) is 0 Å². The first-order valence-corrected chi connectivity index (χ1v) is 12.8. The van der Waals surface area contributed by atoms with Crippen LogP contribution in [0.25, 0.3) is 0 Å². The number of nitrogens with one attached hydrogen (secondary N) is 2. The first-order chi connectivity index (χ1) is 16.3. The second-order valence-corrected chi connectivity index (χ2v) is 10.0. The predicted octanol–water partition coefficient (Wildman–Crippen LogP) is 1.73. The van der Waals surface area contributed by atoms with Gasteiger partial charge in [-0.05, 0) is 30.2 Å². The van der Waals surface area contributed by atoms with Crippen molar-refractivity contribution >= 4 is 21.9 Å². The van der Waals surface area contributed by atoms with Gasteiger partial charge in [-0.2, -0.15) is 0 Å². The summed E-state index contributed by atoms with van der Waals surface area (Å²) in [6.07, 6.45) is 1.23. The Morgan fingerprint density at radius 1 is 1.03 bits per heavy atom. The van der Waals surface area contributed by atoms with Gasteiger partial charge >= 0.3 is 5.97 Å². The van der Waals surface area contributed by atoms with Gasteiger partial charge in [-0.1, -0.05) is 24.3 Å². The Bertz CT molecular complexity index is 1150. The summed E-state index contributed by atoms with van der Waals surface area (Å²) in [5, 5.41) is 2.81. The van der Waals surface area contributed by atoms with Gasteiger partial charge in [0, 0.05) is 38.3 Å². The molecule has 2 aliphatic rings. The number of hydrogen-bond acceptors (Lipinski definition) is 7. The maximum atomic E-state index is 12.8. The lowest BCUT2D eigenvalue weighted by Gasteiger charge is -2.28. The molecule has 1 amide bonds. The van der Waals surface area contributed by atoms with Crippen LogP contribution in [-0.2, 0) is 37.2 Å². The highest BCUT2D eigenvalue weighted by Crippen LogP contribution is 2.32. The lowest BCUT2D eigenvalue weighted by molar-refractivity contribution is -0.153. The summed E-state index contributed by atoms with van der Waals surface area (Å²) in [5.41, 5.74) is 0.765. The number of ether oxygens (including phenoxy) is 3. The third-order valence-electron chi connectivity index (χ3n) is 5.82. The molecular formula is C24H28N2O7S. The number of benzene rings is 2. The fourth-order valence-corrected chi connectivity index (χ4v) is 5.24. The zero-order chi connectivity index (χ0) is 24.2. The third-order valence-corrected chi connectivity index (χ3v) is 7.28. The number of amides is 1. The molecule has 0 saturated heterocycles. The molecule has 2 N–H and O–H groups in total. The number of sulfonamides is 1. The van der Waals surface area contributed by atoms with Gasteiger partial charge in [0.25, 0.3) is 0 Å². The molecule has 0 atom stereocenters. The molecule has 1 aliphatic carbocycles. The molecule has 0 unspecified atom stereocenters. The van der Waals surface area contributed by atoms with E-state index in [1.165, 1.54) is 12.1 Å². The molecule has 0 saturated carbocycles. The second kappa shape index (κ2) is 10.0. The van der Waals surface area contributed by atoms with Crippen LogP contribution in [0.15, 0.2) is 47.4 Å². The van der Waals surface area contributed by atoms with E-state index in [1.54, 1.807) is 13.0 Å². The zero-order valence-electron chi connectivity index (χ0n) is 19.0. The maximum absolute atomic E-state index is 12.8. The SMILES string of the molecule is CCOC(=O)C1(NC(=O)CCNS(=O)(=O)c2ccc3c(c2)OCCCO3)Cc2ccccc2C1. The summed E-state index contributed by atoms with van der Waals surface area (Å²) in [6.45, 7) is 2.72. The van der Waals surface area contributed by atoms with Crippen molar-refractivity contribution in [2.45, 2.75) is 43.0 Å². The average molecular weight is 489 g/mol. The monoisotopic (exact) mass is 488 g/mol. The topological polar surface area (TPSA) is 120 Å². The van der Waals surface area contributed by atoms with E-state index in [2.05, 4.69) is 10.0 Å². The molecule has 0 aromatic heterocycles. The van der Waals surface area contributed by atoms with Crippen molar-refractivity contribution in [2.24, 2.45) is 0 Å². The highest BCUT2D eigenvalue weighted by Gasteiger charge is 2.46. The van der Waals surface area contributed by atoms with E-state index < -0.39 is 27.4 Å². The maximum Gasteiger partial charge on any atom is 0.332 e. The van der Waals surface area contributed by atoms with Crippen molar-refractivity contribution < 1.29 is 32.2 Å². The number of carbonyl (C=O) groups is 2. The van der Waals surface area contributed by atoms with E-state index in [1.807, 2.05) is 24.3 Å². The molecule has 0 spiro atoms. The molecule has 0 bridgehead atoms. The van der Waals surface area contributed by atoms with Crippen LogP contribution < -0.4 is 19.5 Å². The Morgan fingerprint density at radius 3 is 2.38 bits per heavy atom. The van der Waals surface area contributed by atoms with Gasteiger partial charge in [-0.25, -0.2) is 17.9 Å². The molecule has 10 heteroatoms. The van der Waals surface area contributed by atoms with Gasteiger partial charge < -0.3 is 19.5 Å². The van der Waals surface area contributed by atoms with Crippen molar-refractivity contribution in [1.82, 2.24) is 10.0 Å². The molecule has 2 aromatic carbocycles. The van der Waals surface area contributed by atoms with Gasteiger partial charge in [0.05, 0.1) is 24.7 Å². The molecule has 9 nitrogen and oxygen atoms in total. The van der Waals surface area contributed by atoms with Crippen LogP contribution in [0.2, 0.25) is 0 Å². The van der Waals surface area contributed by atoms with Crippen LogP contribution in [-0.4, -0.2) is 52.2 Å². The lowest BCUT2D eigenvalue weighted by atomic mass is 9.95. The minimum Gasteiger partial charge on any atom is -0.490 e. The molecule has 34 heavy (non-hydrogen) atoms. The number of hydrogen-bond donors (Lipinski definition) is 2. The van der Waals surface area contributed by atoms with Crippen molar-refractivity contribution in [1.29, 1.82) is 0 Å². The summed E-state index contributed by atoms with van der Waals surface area (Å²) in [5.74, 6) is -0.0671. The van der Waals surface area contributed by atoms with E-state index >= 15 is 0 Å². The molecule has 182 valence electrons. The van der Waals surface area contributed by atoms with E-state index in [0.717, 1.165) is 11.1 Å². The smallest absolute Gasteiger partial charge is 0.332 e. The molecule has 1 heterocycles. The third kappa shape index (κ3) is 5.18. The average Bonchev–Trinajstić information content (AvgIpc) is 3.02. The summed E-state index contributed by atoms with van der Waals surface area (Å²) in [7, 11) is -3.87. The quantitative estimate of drug-likeness (QED) is 0.543. The molecular weight excluding hydrogens is 460 g/mol. The van der Waals surface area contributed by atoms with E-state index in [-0.39, 0.29) is 24.5 Å². The van der Waals surface area contributed by atoms with Crippen molar-refractivity contribution in [3.05, 3.63) is 53.6 Å². The number of carbonyl (C=O) groups excluding carboxylic acids is 2. The molecule has 4 rings (SSSR count). The van der Waals surface area contributed by atoms with Crippen LogP contribution in [0, 0.1) is 0 Å². The minimum atomic E-state index is -3.87. The lowest BCUT2D eigenvalue weighted by Crippen LogP contribution is -2.56. The summed E-state index contributed by atoms with van der Waals surface area (Å²) in [4.78, 5) is 25.5. The Labute approximate surface area is 198 Å². The first kappa shape index (κ1) is 24.0. The van der Waals surface area contributed by atoms with E-state index in [0.29, 0.717) is 44.0 Å². The summed E-state index contributed by atoms with van der Waals surface area (Å²) < 4.78 is 44.2.